The summed E-state index contributed by atoms with van der Waals surface area (Å²) in [6.07, 6.45) is 2.58. The average Bonchev–Trinajstić information content (AvgIpc) is 3.06. The highest BCUT2D eigenvalue weighted by atomic mass is 16.2. The summed E-state index contributed by atoms with van der Waals surface area (Å²) >= 11 is 0. The van der Waals surface area contributed by atoms with Gasteiger partial charge in [-0.1, -0.05) is 30.3 Å². The van der Waals surface area contributed by atoms with Crippen LogP contribution in [0.2, 0.25) is 0 Å². The maximum absolute atomic E-state index is 12.9. The molecule has 1 fully saturated rings. The number of nitrogens with one attached hydrogen (secondary N) is 2. The molecular formula is C19H21N5O2. The molecule has 0 bridgehead atoms. The first-order valence-corrected chi connectivity index (χ1v) is 8.76. The first-order valence-electron chi connectivity index (χ1n) is 8.76. The van der Waals surface area contributed by atoms with Gasteiger partial charge < -0.3 is 15.2 Å². The standard InChI is InChI=1S/C19H21N5O2/c1-13-11-24-17(18(25)21-13)10-16(22-24)19(26)23-8-7-20-15(12-23)9-14-5-3-2-4-6-14/h2-6,10-11,15,20H,7-9,12H2,1H3,(H,21,25). The van der Waals surface area contributed by atoms with E-state index < -0.39 is 0 Å². The van der Waals surface area contributed by atoms with Gasteiger partial charge in [0.25, 0.3) is 11.5 Å². The van der Waals surface area contributed by atoms with Crippen molar-refractivity contribution in [2.75, 3.05) is 19.6 Å². The van der Waals surface area contributed by atoms with E-state index in [4.69, 9.17) is 0 Å². The zero-order valence-corrected chi connectivity index (χ0v) is 14.6. The highest BCUT2D eigenvalue weighted by Gasteiger charge is 2.26. The third-order valence-corrected chi connectivity index (χ3v) is 4.68. The molecule has 0 aliphatic carbocycles. The number of piperazine rings is 1. The number of carbonyl (C=O) groups excluding carboxylic acids is 1. The van der Waals surface area contributed by atoms with Crippen LogP contribution in [-0.2, 0) is 6.42 Å². The molecule has 0 saturated carbocycles. The number of hydrogen-bond donors (Lipinski definition) is 2. The van der Waals surface area contributed by atoms with Gasteiger partial charge in [0, 0.05) is 43.6 Å². The predicted octanol–water partition coefficient (Wildman–Crippen LogP) is 0.988. The van der Waals surface area contributed by atoms with Crippen LogP contribution in [0.5, 0.6) is 0 Å². The van der Waals surface area contributed by atoms with Crippen LogP contribution in [0.15, 0.2) is 47.4 Å². The fraction of sp³-hybridized carbons (Fsp3) is 0.316. The minimum absolute atomic E-state index is 0.134. The zero-order chi connectivity index (χ0) is 18.1. The number of rotatable bonds is 3. The van der Waals surface area contributed by atoms with E-state index in [2.05, 4.69) is 27.5 Å². The second-order valence-electron chi connectivity index (χ2n) is 6.72. The van der Waals surface area contributed by atoms with Crippen molar-refractivity contribution in [1.29, 1.82) is 0 Å². The first kappa shape index (κ1) is 16.5. The van der Waals surface area contributed by atoms with Crippen LogP contribution < -0.4 is 10.9 Å². The molecule has 7 heteroatoms. The molecule has 4 rings (SSSR count). The number of carbonyl (C=O) groups is 1. The summed E-state index contributed by atoms with van der Waals surface area (Å²) in [5.41, 5.74) is 2.40. The zero-order valence-electron chi connectivity index (χ0n) is 14.6. The molecule has 2 aromatic heterocycles. The van der Waals surface area contributed by atoms with Crippen molar-refractivity contribution < 1.29 is 4.79 Å². The van der Waals surface area contributed by atoms with Gasteiger partial charge in [-0.2, -0.15) is 5.10 Å². The summed E-state index contributed by atoms with van der Waals surface area (Å²) in [4.78, 5) is 29.4. The van der Waals surface area contributed by atoms with Gasteiger partial charge in [0.15, 0.2) is 5.69 Å². The Labute approximate surface area is 150 Å². The summed E-state index contributed by atoms with van der Waals surface area (Å²) in [6, 6.07) is 12.0. The van der Waals surface area contributed by atoms with Crippen molar-refractivity contribution in [2.45, 2.75) is 19.4 Å². The normalized spacial score (nSPS) is 17.6. The van der Waals surface area contributed by atoms with E-state index in [1.54, 1.807) is 19.2 Å². The monoisotopic (exact) mass is 351 g/mol. The lowest BCUT2D eigenvalue weighted by molar-refractivity contribution is 0.0696. The molecule has 134 valence electrons. The highest BCUT2D eigenvalue weighted by Crippen LogP contribution is 2.11. The van der Waals surface area contributed by atoms with Gasteiger partial charge >= 0.3 is 0 Å². The van der Waals surface area contributed by atoms with Crippen LogP contribution in [-0.4, -0.2) is 51.1 Å². The Morgan fingerprint density at radius 2 is 2.12 bits per heavy atom. The van der Waals surface area contributed by atoms with Crippen molar-refractivity contribution in [1.82, 2.24) is 24.8 Å². The average molecular weight is 351 g/mol. The number of benzene rings is 1. The molecule has 1 aromatic carbocycles. The predicted molar refractivity (Wildman–Crippen MR) is 98.4 cm³/mol. The second kappa shape index (κ2) is 6.76. The van der Waals surface area contributed by atoms with Crippen LogP contribution in [0.1, 0.15) is 21.7 Å². The summed E-state index contributed by atoms with van der Waals surface area (Å²) in [7, 11) is 0. The molecular weight excluding hydrogens is 330 g/mol. The topological polar surface area (TPSA) is 82.5 Å². The SMILES string of the molecule is Cc1cn2nc(C(=O)N3CCNC(Cc4ccccc4)C3)cc2c(=O)[nH]1. The third kappa shape index (κ3) is 3.25. The van der Waals surface area contributed by atoms with Gasteiger partial charge in [0.2, 0.25) is 0 Å². The molecule has 26 heavy (non-hydrogen) atoms. The van der Waals surface area contributed by atoms with Gasteiger partial charge in [0.1, 0.15) is 5.52 Å². The molecule has 1 atom stereocenters. The van der Waals surface area contributed by atoms with E-state index in [0.717, 1.165) is 13.0 Å². The Morgan fingerprint density at radius 1 is 1.31 bits per heavy atom. The van der Waals surface area contributed by atoms with Gasteiger partial charge in [-0.15, -0.1) is 0 Å². The fourth-order valence-electron chi connectivity index (χ4n) is 3.43. The fourth-order valence-corrected chi connectivity index (χ4v) is 3.43. The second-order valence-corrected chi connectivity index (χ2v) is 6.72. The van der Waals surface area contributed by atoms with E-state index in [0.29, 0.717) is 30.0 Å². The number of aromatic amines is 1. The lowest BCUT2D eigenvalue weighted by Crippen LogP contribution is -2.53. The number of fused-ring (bicyclic) bond motifs is 1. The number of nitrogens with zero attached hydrogens (tertiary/aromatic N) is 3. The Hall–Kier alpha value is -2.93. The van der Waals surface area contributed by atoms with Gasteiger partial charge in [-0.05, 0) is 18.9 Å². The van der Waals surface area contributed by atoms with Crippen molar-refractivity contribution in [3.63, 3.8) is 0 Å². The molecule has 0 radical (unpaired) electrons. The van der Waals surface area contributed by atoms with Gasteiger partial charge in [-0.3, -0.25) is 9.59 Å². The number of H-pyrrole nitrogens is 1. The molecule has 0 spiro atoms. The van der Waals surface area contributed by atoms with Gasteiger partial charge in [0.05, 0.1) is 0 Å². The van der Waals surface area contributed by atoms with Crippen LogP contribution in [0.4, 0.5) is 0 Å². The minimum Gasteiger partial charge on any atom is -0.334 e. The number of amides is 1. The highest BCUT2D eigenvalue weighted by molar-refractivity contribution is 5.93. The third-order valence-electron chi connectivity index (χ3n) is 4.68. The van der Waals surface area contributed by atoms with Crippen LogP contribution in [0.3, 0.4) is 0 Å². The molecule has 1 aliphatic rings. The summed E-state index contributed by atoms with van der Waals surface area (Å²) in [5, 5.41) is 7.78. The van der Waals surface area contributed by atoms with Crippen molar-refractivity contribution in [3.05, 3.63) is 69.9 Å². The molecule has 1 unspecified atom stereocenters. The molecule has 3 aromatic rings. The number of aromatic nitrogens is 3. The van der Waals surface area contributed by atoms with Crippen molar-refractivity contribution in [2.24, 2.45) is 0 Å². The maximum atomic E-state index is 12.9. The number of hydrogen-bond acceptors (Lipinski definition) is 4. The Kier molecular flexibility index (Phi) is 4.30. The summed E-state index contributed by atoms with van der Waals surface area (Å²) < 4.78 is 1.48. The largest absolute Gasteiger partial charge is 0.334 e. The number of aryl methyl sites for hydroxylation is 1. The van der Waals surface area contributed by atoms with Gasteiger partial charge in [-0.25, -0.2) is 4.52 Å². The molecule has 2 N–H and O–H groups in total. The quantitative estimate of drug-likeness (QED) is 0.737. The lowest BCUT2D eigenvalue weighted by Gasteiger charge is -2.33. The summed E-state index contributed by atoms with van der Waals surface area (Å²) in [5.74, 6) is -0.134. The molecule has 1 aliphatic heterocycles. The first-order chi connectivity index (χ1) is 12.6. The van der Waals surface area contributed by atoms with E-state index in [1.165, 1.54) is 10.1 Å². The van der Waals surface area contributed by atoms with E-state index in [9.17, 15) is 9.59 Å². The van der Waals surface area contributed by atoms with Crippen molar-refractivity contribution >= 4 is 11.4 Å². The van der Waals surface area contributed by atoms with E-state index in [-0.39, 0.29) is 17.5 Å². The Bertz CT molecular complexity index is 992. The molecule has 1 saturated heterocycles. The van der Waals surface area contributed by atoms with Crippen LogP contribution in [0, 0.1) is 6.92 Å². The van der Waals surface area contributed by atoms with E-state index in [1.807, 2.05) is 23.1 Å². The lowest BCUT2D eigenvalue weighted by atomic mass is 10.0. The molecule has 7 nitrogen and oxygen atoms in total. The molecule has 3 heterocycles. The Balaban J connectivity index is 1.52. The van der Waals surface area contributed by atoms with E-state index >= 15 is 0 Å². The van der Waals surface area contributed by atoms with Crippen LogP contribution >= 0.6 is 0 Å². The Morgan fingerprint density at radius 3 is 2.92 bits per heavy atom. The van der Waals surface area contributed by atoms with Crippen molar-refractivity contribution in [3.8, 4) is 0 Å². The van der Waals surface area contributed by atoms with Crippen LogP contribution in [0.25, 0.3) is 5.52 Å². The smallest absolute Gasteiger partial charge is 0.274 e. The maximum Gasteiger partial charge on any atom is 0.274 e. The summed E-state index contributed by atoms with van der Waals surface area (Å²) in [6.45, 7) is 3.79. The molecule has 1 amide bonds. The minimum atomic E-state index is -0.237.